The zero-order chi connectivity index (χ0) is 9.14. The van der Waals surface area contributed by atoms with Crippen molar-refractivity contribution in [1.82, 2.24) is 4.57 Å². The Kier molecular flexibility index (Phi) is 2.28. The van der Waals surface area contributed by atoms with Gasteiger partial charge in [-0.15, -0.1) is 0 Å². The minimum absolute atomic E-state index is 0.523. The van der Waals surface area contributed by atoms with Crippen LogP contribution in [-0.2, 0) is 11.8 Å². The van der Waals surface area contributed by atoms with E-state index >= 15 is 0 Å². The molecule has 0 fully saturated rings. The van der Waals surface area contributed by atoms with Crippen molar-refractivity contribution in [2.45, 2.75) is 0 Å². The van der Waals surface area contributed by atoms with Crippen molar-refractivity contribution in [1.29, 1.82) is 0 Å². The number of halogens is 1. The second-order valence-electron chi connectivity index (χ2n) is 2.34. The number of aromatic nitrogens is 1. The molecule has 0 radical (unpaired) electrons. The van der Waals surface area contributed by atoms with Gasteiger partial charge < -0.3 is 9.67 Å². The Morgan fingerprint density at radius 2 is 2.42 bits per heavy atom. The summed E-state index contributed by atoms with van der Waals surface area (Å²) in [6.07, 6.45) is 2.68. The third-order valence-electron chi connectivity index (χ3n) is 1.46. The van der Waals surface area contributed by atoms with E-state index in [2.05, 4.69) is 0 Å². The Morgan fingerprint density at radius 1 is 1.75 bits per heavy atom. The Morgan fingerprint density at radius 3 is 2.83 bits per heavy atom. The van der Waals surface area contributed by atoms with Crippen LogP contribution < -0.4 is 0 Å². The fraction of sp³-hybridized carbons (Fsp3) is 0.125. The summed E-state index contributed by atoms with van der Waals surface area (Å²) in [5, 5.41) is 8.22. The lowest BCUT2D eigenvalue weighted by Gasteiger charge is -1.94. The van der Waals surface area contributed by atoms with Crippen LogP contribution in [0.5, 0.6) is 0 Å². The van der Waals surface area contributed by atoms with Gasteiger partial charge in [-0.1, -0.05) is 0 Å². The second-order valence-corrected chi connectivity index (χ2v) is 2.34. The molecular formula is C8H8FNO2. The van der Waals surface area contributed by atoms with Crippen LogP contribution in [0.25, 0.3) is 6.08 Å². The number of nitrogens with zero attached hydrogens (tertiary/aromatic N) is 1. The van der Waals surface area contributed by atoms with Gasteiger partial charge in [-0.25, -0.2) is 4.79 Å². The smallest absolute Gasteiger partial charge is 0.364 e. The molecule has 3 nitrogen and oxygen atoms in total. The summed E-state index contributed by atoms with van der Waals surface area (Å²) in [7, 11) is 1.71. The maximum atomic E-state index is 12.5. The first-order chi connectivity index (χ1) is 5.61. The predicted molar refractivity (Wildman–Crippen MR) is 42.1 cm³/mol. The maximum Gasteiger partial charge on any atom is 0.364 e. The molecule has 12 heavy (non-hydrogen) atoms. The maximum absolute atomic E-state index is 12.5. The van der Waals surface area contributed by atoms with Gasteiger partial charge in [0.1, 0.15) is 0 Å². The van der Waals surface area contributed by atoms with Gasteiger partial charge >= 0.3 is 5.97 Å². The monoisotopic (exact) mass is 169 g/mol. The standard InChI is InChI=1S/C8H8FNO2/c1-10-4-2-3-6(10)5-7(9)8(11)12/h2-5H,1H3,(H,11,12)/b7-5+. The number of carboxylic acid groups (broad SMARTS) is 1. The zero-order valence-corrected chi connectivity index (χ0v) is 6.49. The first-order valence-electron chi connectivity index (χ1n) is 3.33. The van der Waals surface area contributed by atoms with E-state index in [4.69, 9.17) is 5.11 Å². The van der Waals surface area contributed by atoms with Crippen LogP contribution in [-0.4, -0.2) is 15.6 Å². The normalized spacial score (nSPS) is 11.7. The van der Waals surface area contributed by atoms with Gasteiger partial charge in [0.15, 0.2) is 0 Å². The first kappa shape index (κ1) is 8.52. The van der Waals surface area contributed by atoms with Gasteiger partial charge in [-0.3, -0.25) is 0 Å². The fourth-order valence-electron chi connectivity index (χ4n) is 0.816. The average molecular weight is 169 g/mol. The van der Waals surface area contributed by atoms with E-state index in [1.54, 1.807) is 29.9 Å². The van der Waals surface area contributed by atoms with Crippen LogP contribution in [0.2, 0.25) is 0 Å². The van der Waals surface area contributed by atoms with Gasteiger partial charge in [-0.05, 0) is 12.1 Å². The van der Waals surface area contributed by atoms with E-state index in [-0.39, 0.29) is 0 Å². The van der Waals surface area contributed by atoms with E-state index in [9.17, 15) is 9.18 Å². The lowest BCUT2D eigenvalue weighted by molar-refractivity contribution is -0.134. The molecule has 0 atom stereocenters. The Bertz CT molecular complexity index is 328. The molecule has 0 amide bonds. The minimum atomic E-state index is -1.55. The highest BCUT2D eigenvalue weighted by molar-refractivity contribution is 5.89. The van der Waals surface area contributed by atoms with Crippen LogP contribution in [0.15, 0.2) is 24.2 Å². The van der Waals surface area contributed by atoms with Crippen molar-refractivity contribution in [3.8, 4) is 0 Å². The van der Waals surface area contributed by atoms with Crippen molar-refractivity contribution in [3.63, 3.8) is 0 Å². The van der Waals surface area contributed by atoms with Gasteiger partial charge in [0.2, 0.25) is 5.83 Å². The lowest BCUT2D eigenvalue weighted by Crippen LogP contribution is -1.96. The van der Waals surface area contributed by atoms with Crippen LogP contribution in [0.1, 0.15) is 5.69 Å². The molecule has 0 spiro atoms. The van der Waals surface area contributed by atoms with Crippen molar-refractivity contribution >= 4 is 12.0 Å². The highest BCUT2D eigenvalue weighted by Gasteiger charge is 2.05. The van der Waals surface area contributed by atoms with Crippen molar-refractivity contribution in [2.24, 2.45) is 7.05 Å². The molecule has 0 aliphatic rings. The molecule has 1 heterocycles. The van der Waals surface area contributed by atoms with Gasteiger partial charge in [0, 0.05) is 25.0 Å². The number of aliphatic carboxylic acids is 1. The Balaban J connectivity index is 2.95. The van der Waals surface area contributed by atoms with Gasteiger partial charge in [0.05, 0.1) is 0 Å². The summed E-state index contributed by atoms with van der Waals surface area (Å²) < 4.78 is 14.1. The summed E-state index contributed by atoms with van der Waals surface area (Å²) in [6.45, 7) is 0. The lowest BCUT2D eigenvalue weighted by atomic mass is 10.3. The predicted octanol–water partition coefficient (Wildman–Crippen LogP) is 1.42. The third kappa shape index (κ3) is 1.72. The van der Waals surface area contributed by atoms with Crippen molar-refractivity contribution in [2.75, 3.05) is 0 Å². The molecule has 0 unspecified atom stereocenters. The molecule has 1 rings (SSSR count). The molecule has 1 N–H and O–H groups in total. The van der Waals surface area contributed by atoms with E-state index in [0.717, 1.165) is 6.08 Å². The molecule has 1 aromatic heterocycles. The van der Waals surface area contributed by atoms with Crippen LogP contribution in [0.3, 0.4) is 0 Å². The van der Waals surface area contributed by atoms with Crippen molar-refractivity contribution in [3.05, 3.63) is 29.9 Å². The van der Waals surface area contributed by atoms with E-state index < -0.39 is 11.8 Å². The number of hydrogen-bond donors (Lipinski definition) is 1. The molecule has 0 aliphatic heterocycles. The summed E-state index contributed by atoms with van der Waals surface area (Å²) in [5.41, 5.74) is 0.523. The summed E-state index contributed by atoms with van der Waals surface area (Å²) in [6, 6.07) is 3.34. The topological polar surface area (TPSA) is 42.2 Å². The minimum Gasteiger partial charge on any atom is -0.476 e. The molecule has 0 bridgehead atoms. The number of aryl methyl sites for hydroxylation is 1. The van der Waals surface area contributed by atoms with E-state index in [0.29, 0.717) is 5.69 Å². The largest absolute Gasteiger partial charge is 0.476 e. The molecule has 0 saturated heterocycles. The van der Waals surface area contributed by atoms with Crippen LogP contribution >= 0.6 is 0 Å². The zero-order valence-electron chi connectivity index (χ0n) is 6.49. The first-order valence-corrected chi connectivity index (χ1v) is 3.33. The van der Waals surface area contributed by atoms with Gasteiger partial charge in [0.25, 0.3) is 0 Å². The molecule has 4 heteroatoms. The van der Waals surface area contributed by atoms with E-state index in [1.807, 2.05) is 0 Å². The molecular weight excluding hydrogens is 161 g/mol. The number of carboxylic acids is 1. The summed E-state index contributed by atoms with van der Waals surface area (Å²) >= 11 is 0. The number of hydrogen-bond acceptors (Lipinski definition) is 1. The molecule has 0 aliphatic carbocycles. The summed E-state index contributed by atoms with van der Waals surface area (Å²) in [5.74, 6) is -2.70. The number of carbonyl (C=O) groups is 1. The molecule has 64 valence electrons. The molecule has 0 aromatic carbocycles. The van der Waals surface area contributed by atoms with Crippen LogP contribution in [0.4, 0.5) is 4.39 Å². The van der Waals surface area contributed by atoms with Gasteiger partial charge in [-0.2, -0.15) is 4.39 Å². The SMILES string of the molecule is Cn1cccc1/C=C(/F)C(=O)O. The second kappa shape index (κ2) is 3.21. The Labute approximate surface area is 68.7 Å². The van der Waals surface area contributed by atoms with E-state index in [1.165, 1.54) is 0 Å². The molecule has 1 aromatic rings. The van der Waals surface area contributed by atoms with Crippen molar-refractivity contribution < 1.29 is 14.3 Å². The fourth-order valence-corrected chi connectivity index (χ4v) is 0.816. The quantitative estimate of drug-likeness (QED) is 0.680. The highest BCUT2D eigenvalue weighted by atomic mass is 19.1. The summed E-state index contributed by atoms with van der Waals surface area (Å²) in [4.78, 5) is 10.1. The van der Waals surface area contributed by atoms with Crippen LogP contribution in [0, 0.1) is 0 Å². The Hall–Kier alpha value is -1.58. The highest BCUT2D eigenvalue weighted by Crippen LogP contribution is 2.07. The number of rotatable bonds is 2. The molecule has 0 saturated carbocycles. The third-order valence-corrected chi connectivity index (χ3v) is 1.46. The average Bonchev–Trinajstić information content (AvgIpc) is 2.36.